The van der Waals surface area contributed by atoms with E-state index >= 15 is 0 Å². The first-order valence-corrected chi connectivity index (χ1v) is 7.09. The minimum Gasteiger partial charge on any atom is -0.349 e. The van der Waals surface area contributed by atoms with Crippen molar-refractivity contribution in [2.45, 2.75) is 38.2 Å². The van der Waals surface area contributed by atoms with Gasteiger partial charge >= 0.3 is 0 Å². The van der Waals surface area contributed by atoms with Gasteiger partial charge in [-0.25, -0.2) is 13.2 Å². The molecule has 0 radical (unpaired) electrons. The monoisotopic (exact) mass is 300 g/mol. The third-order valence-corrected chi connectivity index (χ3v) is 4.00. The third kappa shape index (κ3) is 3.97. The smallest absolute Gasteiger partial charge is 0.263 e. The summed E-state index contributed by atoms with van der Waals surface area (Å²) in [5, 5.41) is 2.72. The molecule has 0 heterocycles. The Kier molecular flexibility index (Phi) is 5.22. The van der Waals surface area contributed by atoms with Crippen LogP contribution in [0, 0.1) is 11.7 Å². The molecule has 6 heteroatoms. The van der Waals surface area contributed by atoms with E-state index in [2.05, 4.69) is 5.32 Å². The molecule has 1 amide bonds. The average Bonchev–Trinajstić information content (AvgIpc) is 2.48. The summed E-state index contributed by atoms with van der Waals surface area (Å²) in [6.07, 6.45) is 0.673. The van der Waals surface area contributed by atoms with Crippen molar-refractivity contribution in [2.24, 2.45) is 11.7 Å². The highest BCUT2D eigenvalue weighted by atomic mass is 19.3. The third-order valence-electron chi connectivity index (χ3n) is 4.00. The van der Waals surface area contributed by atoms with Crippen LogP contribution in [0.1, 0.15) is 48.0 Å². The van der Waals surface area contributed by atoms with E-state index in [0.717, 1.165) is 43.9 Å². The van der Waals surface area contributed by atoms with Crippen LogP contribution in [-0.2, 0) is 0 Å². The Morgan fingerprint density at radius 1 is 1.29 bits per heavy atom. The number of nitrogens with one attached hydrogen (secondary N) is 1. The van der Waals surface area contributed by atoms with Crippen LogP contribution in [0.25, 0.3) is 0 Å². The molecule has 21 heavy (non-hydrogen) atoms. The van der Waals surface area contributed by atoms with Crippen molar-refractivity contribution in [3.05, 3.63) is 35.1 Å². The van der Waals surface area contributed by atoms with Crippen molar-refractivity contribution in [1.29, 1.82) is 0 Å². The van der Waals surface area contributed by atoms with Gasteiger partial charge in [0.05, 0.1) is 5.56 Å². The van der Waals surface area contributed by atoms with Gasteiger partial charge in [-0.15, -0.1) is 0 Å². The predicted molar refractivity (Wildman–Crippen MR) is 73.6 cm³/mol. The molecule has 0 bridgehead atoms. The second-order valence-corrected chi connectivity index (χ2v) is 5.47. The van der Waals surface area contributed by atoms with Crippen LogP contribution in [0.3, 0.4) is 0 Å². The number of halogens is 3. The van der Waals surface area contributed by atoms with E-state index in [1.54, 1.807) is 0 Å². The molecular formula is C15H19F3N2O. The normalized spacial score (nSPS) is 22.3. The maximum Gasteiger partial charge on any atom is 0.263 e. The molecule has 0 saturated heterocycles. The number of carbonyl (C=O) groups is 1. The number of hydrogen-bond donors (Lipinski definition) is 2. The molecule has 1 aliphatic carbocycles. The number of hydrogen-bond acceptors (Lipinski definition) is 2. The molecule has 0 aromatic heterocycles. The van der Waals surface area contributed by atoms with Crippen molar-refractivity contribution in [3.63, 3.8) is 0 Å². The Morgan fingerprint density at radius 3 is 2.52 bits per heavy atom. The first-order valence-electron chi connectivity index (χ1n) is 7.09. The summed E-state index contributed by atoms with van der Waals surface area (Å²) >= 11 is 0. The number of alkyl halides is 2. The molecule has 1 fully saturated rings. The van der Waals surface area contributed by atoms with Crippen molar-refractivity contribution < 1.29 is 18.0 Å². The first kappa shape index (κ1) is 15.8. The van der Waals surface area contributed by atoms with Gasteiger partial charge in [0.15, 0.2) is 0 Å². The van der Waals surface area contributed by atoms with Crippen molar-refractivity contribution >= 4 is 5.91 Å². The summed E-state index contributed by atoms with van der Waals surface area (Å²) in [6.45, 7) is 0.631. The SMILES string of the molecule is NCC1CCC(NC(=O)c2cc(C(F)F)ccc2F)CC1. The Bertz CT molecular complexity index is 500. The number of benzene rings is 1. The van der Waals surface area contributed by atoms with Crippen molar-refractivity contribution in [2.75, 3.05) is 6.54 Å². The van der Waals surface area contributed by atoms with Crippen LogP contribution in [0.5, 0.6) is 0 Å². The molecule has 0 aliphatic heterocycles. The zero-order chi connectivity index (χ0) is 15.4. The second-order valence-electron chi connectivity index (χ2n) is 5.47. The molecule has 0 unspecified atom stereocenters. The minimum atomic E-state index is -2.72. The quantitative estimate of drug-likeness (QED) is 0.898. The highest BCUT2D eigenvalue weighted by Gasteiger charge is 2.23. The van der Waals surface area contributed by atoms with Crippen LogP contribution < -0.4 is 11.1 Å². The fourth-order valence-corrected chi connectivity index (χ4v) is 2.66. The van der Waals surface area contributed by atoms with Crippen LogP contribution >= 0.6 is 0 Å². The van der Waals surface area contributed by atoms with E-state index in [1.165, 1.54) is 0 Å². The Balaban J connectivity index is 2.02. The molecule has 2 rings (SSSR count). The van der Waals surface area contributed by atoms with Gasteiger partial charge < -0.3 is 11.1 Å². The van der Waals surface area contributed by atoms with Crippen LogP contribution in [0.2, 0.25) is 0 Å². The van der Waals surface area contributed by atoms with Crippen LogP contribution in [0.15, 0.2) is 18.2 Å². The van der Waals surface area contributed by atoms with E-state index in [4.69, 9.17) is 5.73 Å². The van der Waals surface area contributed by atoms with Gasteiger partial charge in [-0.1, -0.05) is 6.07 Å². The first-order chi connectivity index (χ1) is 10.0. The molecule has 1 aromatic rings. The summed E-state index contributed by atoms with van der Waals surface area (Å²) in [4.78, 5) is 12.0. The van der Waals surface area contributed by atoms with Gasteiger partial charge in [0, 0.05) is 11.6 Å². The van der Waals surface area contributed by atoms with E-state index in [0.29, 0.717) is 12.5 Å². The highest BCUT2D eigenvalue weighted by Crippen LogP contribution is 2.25. The Labute approximate surface area is 121 Å². The molecule has 116 valence electrons. The van der Waals surface area contributed by atoms with Crippen molar-refractivity contribution in [3.8, 4) is 0 Å². The summed E-state index contributed by atoms with van der Waals surface area (Å²) in [7, 11) is 0. The minimum absolute atomic E-state index is 0.0464. The predicted octanol–water partition coefficient (Wildman–Crippen LogP) is 3.01. The molecule has 0 spiro atoms. The molecule has 1 aromatic carbocycles. The molecule has 3 nitrogen and oxygen atoms in total. The molecule has 0 atom stereocenters. The van der Waals surface area contributed by atoms with Gasteiger partial charge in [0.2, 0.25) is 0 Å². The summed E-state index contributed by atoms with van der Waals surface area (Å²) in [5.41, 5.74) is 4.92. The van der Waals surface area contributed by atoms with E-state index < -0.39 is 18.1 Å². The largest absolute Gasteiger partial charge is 0.349 e. The highest BCUT2D eigenvalue weighted by molar-refractivity contribution is 5.94. The molecular weight excluding hydrogens is 281 g/mol. The number of nitrogens with two attached hydrogens (primary N) is 1. The topological polar surface area (TPSA) is 55.1 Å². The summed E-state index contributed by atoms with van der Waals surface area (Å²) in [5.74, 6) is -0.948. The average molecular weight is 300 g/mol. The maximum atomic E-state index is 13.6. The summed E-state index contributed by atoms with van der Waals surface area (Å²) < 4.78 is 38.9. The lowest BCUT2D eigenvalue weighted by Crippen LogP contribution is -2.39. The van der Waals surface area contributed by atoms with Gasteiger partial charge in [0.1, 0.15) is 5.82 Å². The molecule has 1 aliphatic rings. The van der Waals surface area contributed by atoms with Crippen LogP contribution in [-0.4, -0.2) is 18.5 Å². The summed E-state index contributed by atoms with van der Waals surface area (Å²) in [6, 6.07) is 2.76. The fraction of sp³-hybridized carbons (Fsp3) is 0.533. The van der Waals surface area contributed by atoms with Crippen LogP contribution in [0.4, 0.5) is 13.2 Å². The van der Waals surface area contributed by atoms with E-state index in [9.17, 15) is 18.0 Å². The van der Waals surface area contributed by atoms with E-state index in [1.807, 2.05) is 0 Å². The number of carbonyl (C=O) groups excluding carboxylic acids is 1. The van der Waals surface area contributed by atoms with E-state index in [-0.39, 0.29) is 17.2 Å². The maximum absolute atomic E-state index is 13.6. The van der Waals surface area contributed by atoms with Gasteiger partial charge in [-0.3, -0.25) is 4.79 Å². The number of rotatable bonds is 4. The molecule has 3 N–H and O–H groups in total. The fourth-order valence-electron chi connectivity index (χ4n) is 2.66. The molecule has 1 saturated carbocycles. The second kappa shape index (κ2) is 6.93. The number of amides is 1. The van der Waals surface area contributed by atoms with Gasteiger partial charge in [-0.05, 0) is 50.3 Å². The standard InChI is InChI=1S/C15H19F3N2O/c16-13-6-3-10(14(17)18)7-12(13)15(21)20-11-4-1-9(8-19)2-5-11/h3,6-7,9,11,14H,1-2,4-5,8,19H2,(H,20,21). The zero-order valence-corrected chi connectivity index (χ0v) is 11.6. The lowest BCUT2D eigenvalue weighted by molar-refractivity contribution is 0.0917. The zero-order valence-electron chi connectivity index (χ0n) is 11.6. The van der Waals surface area contributed by atoms with Crippen molar-refractivity contribution in [1.82, 2.24) is 5.32 Å². The Hall–Kier alpha value is -1.56. The van der Waals surface area contributed by atoms with Gasteiger partial charge in [0.25, 0.3) is 12.3 Å². The lowest BCUT2D eigenvalue weighted by atomic mass is 9.86. The lowest BCUT2D eigenvalue weighted by Gasteiger charge is -2.28. The van der Waals surface area contributed by atoms with Gasteiger partial charge in [-0.2, -0.15) is 0 Å². The Morgan fingerprint density at radius 2 is 1.95 bits per heavy atom.